The molecule has 166 valence electrons. The molecular weight excluding hydrogens is 382 g/mol. The number of benzene rings is 1. The monoisotopic (exact) mass is 417 g/mol. The number of nitrogens with one attached hydrogen (secondary N) is 1. The molecule has 1 aromatic rings. The fourth-order valence-electron chi connectivity index (χ4n) is 4.82. The van der Waals surface area contributed by atoms with Crippen LogP contribution in [0, 0.1) is 12.8 Å². The second-order valence-electron chi connectivity index (χ2n) is 8.67. The van der Waals surface area contributed by atoms with Crippen LogP contribution >= 0.6 is 0 Å². The van der Waals surface area contributed by atoms with E-state index in [1.807, 2.05) is 17.0 Å². The Hall–Kier alpha value is -2.28. The molecule has 1 atom stereocenters. The third kappa shape index (κ3) is 5.88. The van der Waals surface area contributed by atoms with E-state index in [1.54, 1.807) is 0 Å². The molecule has 7 nitrogen and oxygen atoms in total. The fourth-order valence-corrected chi connectivity index (χ4v) is 4.82. The summed E-state index contributed by atoms with van der Waals surface area (Å²) in [6.07, 6.45) is 7.08. The van der Waals surface area contributed by atoms with Gasteiger partial charge in [-0.1, -0.05) is 0 Å². The predicted octanol–water partition coefficient (Wildman–Crippen LogP) is 3.54. The highest BCUT2D eigenvalue weighted by Crippen LogP contribution is 2.30. The number of piperidine rings is 1. The van der Waals surface area contributed by atoms with Crippen LogP contribution in [-0.4, -0.2) is 61.4 Å². The lowest BCUT2D eigenvalue weighted by molar-refractivity contribution is -0.121. The number of aliphatic hydroxyl groups excluding tert-OH is 1. The maximum absolute atomic E-state index is 11.6. The quantitative estimate of drug-likeness (QED) is 0.663. The second kappa shape index (κ2) is 10.7. The van der Waals surface area contributed by atoms with Gasteiger partial charge in [0.1, 0.15) is 0 Å². The highest BCUT2D eigenvalue weighted by atomic mass is 16.5. The zero-order chi connectivity index (χ0) is 21.5. The number of aryl methyl sites for hydroxylation is 1. The number of amides is 2. The Balaban J connectivity index is 1.54. The summed E-state index contributed by atoms with van der Waals surface area (Å²) in [6, 6.07) is 6.23. The van der Waals surface area contributed by atoms with Gasteiger partial charge in [0.25, 0.3) is 0 Å². The van der Waals surface area contributed by atoms with Crippen LogP contribution in [0.4, 0.5) is 16.2 Å². The molecule has 1 heterocycles. The summed E-state index contributed by atoms with van der Waals surface area (Å²) in [5, 5.41) is 12.4. The van der Waals surface area contributed by atoms with Gasteiger partial charge < -0.3 is 19.6 Å². The molecule has 2 aliphatic rings. The number of methoxy groups -OCH3 is 1. The van der Waals surface area contributed by atoms with Crippen LogP contribution in [0.5, 0.6) is 0 Å². The van der Waals surface area contributed by atoms with Gasteiger partial charge >= 0.3 is 6.09 Å². The first-order chi connectivity index (χ1) is 14.5. The van der Waals surface area contributed by atoms with Crippen LogP contribution in [0.15, 0.2) is 18.2 Å². The zero-order valence-electron chi connectivity index (χ0n) is 18.2. The van der Waals surface area contributed by atoms with E-state index >= 15 is 0 Å². The largest absolute Gasteiger partial charge is 0.453 e. The Bertz CT molecular complexity index is 718. The molecule has 1 aromatic carbocycles. The van der Waals surface area contributed by atoms with Crippen LogP contribution in [0.2, 0.25) is 0 Å². The van der Waals surface area contributed by atoms with E-state index in [0.29, 0.717) is 5.92 Å². The summed E-state index contributed by atoms with van der Waals surface area (Å²) in [5.41, 5.74) is 3.05. The first-order valence-electron chi connectivity index (χ1n) is 11.1. The number of rotatable bonds is 7. The number of carbonyl (C=O) groups excluding carboxylic acids is 2. The van der Waals surface area contributed by atoms with Gasteiger partial charge in [-0.25, -0.2) is 4.79 Å². The summed E-state index contributed by atoms with van der Waals surface area (Å²) < 4.78 is 4.66. The minimum atomic E-state index is -0.465. The second-order valence-corrected chi connectivity index (χ2v) is 8.67. The minimum Gasteiger partial charge on any atom is -0.453 e. The molecule has 30 heavy (non-hydrogen) atoms. The average molecular weight is 418 g/mol. The molecule has 1 saturated heterocycles. The molecule has 3 rings (SSSR count). The molecule has 1 aliphatic carbocycles. The summed E-state index contributed by atoms with van der Waals surface area (Å²) in [6.45, 7) is 4.87. The number of hydrogen-bond donors (Lipinski definition) is 2. The van der Waals surface area contributed by atoms with Gasteiger partial charge in [0.15, 0.2) is 0 Å². The van der Waals surface area contributed by atoms with Crippen molar-refractivity contribution in [3.8, 4) is 0 Å². The lowest BCUT2D eigenvalue weighted by Gasteiger charge is -2.37. The lowest BCUT2D eigenvalue weighted by Crippen LogP contribution is -2.41. The molecule has 7 heteroatoms. The van der Waals surface area contributed by atoms with Gasteiger partial charge in [0, 0.05) is 37.1 Å². The molecule has 1 aliphatic heterocycles. The van der Waals surface area contributed by atoms with Crippen molar-refractivity contribution in [2.75, 3.05) is 37.0 Å². The van der Waals surface area contributed by atoms with Crippen LogP contribution in [0.1, 0.15) is 50.5 Å². The normalized spacial score (nSPS) is 24.2. The van der Waals surface area contributed by atoms with Crippen molar-refractivity contribution in [3.63, 3.8) is 0 Å². The summed E-state index contributed by atoms with van der Waals surface area (Å²) in [7, 11) is 1.35. The van der Waals surface area contributed by atoms with E-state index in [9.17, 15) is 14.7 Å². The van der Waals surface area contributed by atoms with Crippen molar-refractivity contribution in [1.29, 1.82) is 0 Å². The van der Waals surface area contributed by atoms with Crippen LogP contribution in [0.25, 0.3) is 0 Å². The number of carbonyl (C=O) groups is 2. The first-order valence-corrected chi connectivity index (χ1v) is 11.1. The van der Waals surface area contributed by atoms with Gasteiger partial charge in [-0.15, -0.1) is 0 Å². The number of nitrogens with zero attached hydrogens (tertiary/aromatic N) is 2. The van der Waals surface area contributed by atoms with Gasteiger partial charge in [-0.2, -0.15) is 0 Å². The standard InChI is InChI=1S/C23H35N3O4/c1-17-14-19(24-23(29)30-2)5-10-22(17)25-12-3-4-18(15-25)11-13-26(16-27)20-6-8-21(28)9-7-20/h5,10,14,16,18,20-21,28H,3-4,6-9,11-13,15H2,1-2H3,(H,24,29). The Morgan fingerprint density at radius 1 is 1.30 bits per heavy atom. The molecule has 1 saturated carbocycles. The number of hydrogen-bond acceptors (Lipinski definition) is 5. The van der Waals surface area contributed by atoms with E-state index in [0.717, 1.165) is 75.8 Å². The topological polar surface area (TPSA) is 82.1 Å². The first kappa shape index (κ1) is 22.4. The highest BCUT2D eigenvalue weighted by Gasteiger charge is 2.26. The summed E-state index contributed by atoms with van der Waals surface area (Å²) >= 11 is 0. The van der Waals surface area contributed by atoms with Gasteiger partial charge in [0.2, 0.25) is 6.41 Å². The molecular formula is C23H35N3O4. The number of anilines is 2. The maximum atomic E-state index is 11.6. The number of ether oxygens (including phenoxy) is 1. The molecule has 0 bridgehead atoms. The molecule has 2 N–H and O–H groups in total. The Morgan fingerprint density at radius 3 is 2.73 bits per heavy atom. The molecule has 2 amide bonds. The lowest BCUT2D eigenvalue weighted by atomic mass is 9.90. The van der Waals surface area contributed by atoms with Gasteiger partial charge in [-0.3, -0.25) is 10.1 Å². The van der Waals surface area contributed by atoms with Crippen molar-refractivity contribution in [1.82, 2.24) is 4.90 Å². The summed E-state index contributed by atoms with van der Waals surface area (Å²) in [5.74, 6) is 0.558. The molecule has 0 aromatic heterocycles. The Kier molecular flexibility index (Phi) is 7.96. The molecule has 1 unspecified atom stereocenters. The predicted molar refractivity (Wildman–Crippen MR) is 118 cm³/mol. The third-order valence-corrected chi connectivity index (χ3v) is 6.55. The van der Waals surface area contributed by atoms with Crippen molar-refractivity contribution in [2.24, 2.45) is 5.92 Å². The molecule has 0 radical (unpaired) electrons. The van der Waals surface area contributed by atoms with Crippen molar-refractivity contribution in [3.05, 3.63) is 23.8 Å². The molecule has 2 fully saturated rings. The van der Waals surface area contributed by atoms with E-state index in [4.69, 9.17) is 0 Å². The maximum Gasteiger partial charge on any atom is 0.411 e. The van der Waals surface area contributed by atoms with Crippen LogP contribution < -0.4 is 10.2 Å². The zero-order valence-corrected chi connectivity index (χ0v) is 18.2. The van der Waals surface area contributed by atoms with Gasteiger partial charge in [0.05, 0.1) is 13.2 Å². The molecule has 0 spiro atoms. The van der Waals surface area contributed by atoms with E-state index in [2.05, 4.69) is 27.9 Å². The smallest absolute Gasteiger partial charge is 0.411 e. The minimum absolute atomic E-state index is 0.195. The van der Waals surface area contributed by atoms with Gasteiger partial charge in [-0.05, 0) is 81.5 Å². The van der Waals surface area contributed by atoms with E-state index < -0.39 is 6.09 Å². The van der Waals surface area contributed by atoms with Crippen molar-refractivity contribution in [2.45, 2.75) is 64.0 Å². The third-order valence-electron chi connectivity index (χ3n) is 6.55. The summed E-state index contributed by atoms with van der Waals surface area (Å²) in [4.78, 5) is 27.4. The van der Waals surface area contributed by atoms with Crippen LogP contribution in [0.3, 0.4) is 0 Å². The SMILES string of the molecule is COC(=O)Nc1ccc(N2CCCC(CCN(C=O)C3CCC(O)CC3)C2)c(C)c1. The van der Waals surface area contributed by atoms with Crippen molar-refractivity contribution < 1.29 is 19.4 Å². The average Bonchev–Trinajstić information content (AvgIpc) is 2.75. The number of aliphatic hydroxyl groups is 1. The Morgan fingerprint density at radius 2 is 2.07 bits per heavy atom. The van der Waals surface area contributed by atoms with Crippen LogP contribution in [-0.2, 0) is 9.53 Å². The van der Waals surface area contributed by atoms with Crippen molar-refractivity contribution >= 4 is 23.9 Å². The van der Waals surface area contributed by atoms with E-state index in [1.165, 1.54) is 19.2 Å². The fraction of sp³-hybridized carbons (Fsp3) is 0.652. The highest BCUT2D eigenvalue weighted by molar-refractivity contribution is 5.85. The van der Waals surface area contributed by atoms with E-state index in [-0.39, 0.29) is 12.1 Å². The Labute approximate surface area is 179 Å².